The molecule has 0 aliphatic carbocycles. The molecule has 2 rings (SSSR count). The fraction of sp³-hybridized carbons (Fsp3) is 0.917. The zero-order valence-electron chi connectivity index (χ0n) is 11.4. The second-order valence-electron chi connectivity index (χ2n) is 5.40. The van der Waals surface area contributed by atoms with Gasteiger partial charge in [0, 0.05) is 0 Å². The quantitative estimate of drug-likeness (QED) is 0.269. The Bertz CT molecular complexity index is 352. The zero-order chi connectivity index (χ0) is 15.9. The summed E-state index contributed by atoms with van der Waals surface area (Å²) in [6, 6.07) is 0. The Morgan fingerprint density at radius 2 is 1.48 bits per heavy atom. The van der Waals surface area contributed by atoms with E-state index in [9.17, 15) is 30.6 Å². The molecule has 2 fully saturated rings. The van der Waals surface area contributed by atoms with Crippen LogP contribution in [0.3, 0.4) is 0 Å². The van der Waals surface area contributed by atoms with Gasteiger partial charge in [0.1, 0.15) is 48.8 Å². The van der Waals surface area contributed by atoms with Gasteiger partial charge in [-0.25, -0.2) is 0 Å². The molecule has 21 heavy (non-hydrogen) atoms. The van der Waals surface area contributed by atoms with Crippen molar-refractivity contribution >= 4 is 0 Å². The van der Waals surface area contributed by atoms with Crippen LogP contribution < -0.4 is 0 Å². The van der Waals surface area contributed by atoms with Gasteiger partial charge < -0.3 is 45.2 Å². The van der Waals surface area contributed by atoms with Gasteiger partial charge in [0.15, 0.2) is 6.10 Å². The van der Waals surface area contributed by atoms with Crippen molar-refractivity contribution < 1.29 is 45.2 Å². The van der Waals surface area contributed by atoms with Crippen LogP contribution in [0, 0.1) is 6.10 Å². The standard InChI is InChI=1S/C12H21O9/c1-3-5(14)7(16)9(18)11(20-3)12-10(19)8(17)6(15)4(2-13)21-12/h3-11,13-19H,2H2,1H3/t3-,4-,5+,6+,7+,8+,9-,10-,11?/m1/s1. The van der Waals surface area contributed by atoms with E-state index in [0.717, 1.165) is 0 Å². The largest absolute Gasteiger partial charge is 0.394 e. The molecule has 0 aromatic heterocycles. The van der Waals surface area contributed by atoms with Gasteiger partial charge in [-0.05, 0) is 6.92 Å². The summed E-state index contributed by atoms with van der Waals surface area (Å²) in [5.41, 5.74) is 0. The minimum Gasteiger partial charge on any atom is -0.394 e. The van der Waals surface area contributed by atoms with Crippen LogP contribution in [-0.2, 0) is 9.47 Å². The van der Waals surface area contributed by atoms with Crippen LogP contribution in [0.25, 0.3) is 0 Å². The van der Waals surface area contributed by atoms with Crippen LogP contribution >= 0.6 is 0 Å². The highest BCUT2D eigenvalue weighted by Gasteiger charge is 2.53. The molecule has 123 valence electrons. The van der Waals surface area contributed by atoms with Gasteiger partial charge in [0.25, 0.3) is 0 Å². The Morgan fingerprint density at radius 1 is 0.857 bits per heavy atom. The number of hydrogen-bond donors (Lipinski definition) is 7. The monoisotopic (exact) mass is 309 g/mol. The number of hydrogen-bond acceptors (Lipinski definition) is 9. The van der Waals surface area contributed by atoms with E-state index in [1.54, 1.807) is 0 Å². The molecule has 9 nitrogen and oxygen atoms in total. The highest BCUT2D eigenvalue weighted by Crippen LogP contribution is 2.35. The van der Waals surface area contributed by atoms with E-state index in [-0.39, 0.29) is 6.10 Å². The van der Waals surface area contributed by atoms with Crippen LogP contribution in [0.2, 0.25) is 0 Å². The molecule has 0 spiro atoms. The van der Waals surface area contributed by atoms with Gasteiger partial charge in [-0.2, -0.15) is 0 Å². The molecule has 0 saturated carbocycles. The molecule has 2 saturated heterocycles. The normalized spacial score (nSPS) is 52.9. The molecule has 9 atom stereocenters. The SMILES string of the molecule is C[C@H]1OC([C]2O[C@H](CO)[C@H](O)[C@H](O)[C@H]2O)[C@H](O)[C@@H](O)[C@H]1O. The third kappa shape index (κ3) is 2.93. The van der Waals surface area contributed by atoms with Crippen LogP contribution in [0.4, 0.5) is 0 Å². The number of rotatable bonds is 2. The first-order valence-electron chi connectivity index (χ1n) is 6.67. The van der Waals surface area contributed by atoms with E-state index in [1.165, 1.54) is 6.92 Å². The Hall–Kier alpha value is -0.360. The third-order valence-corrected chi connectivity index (χ3v) is 3.95. The lowest BCUT2D eigenvalue weighted by Crippen LogP contribution is -2.64. The summed E-state index contributed by atoms with van der Waals surface area (Å²) in [4.78, 5) is 0. The maximum absolute atomic E-state index is 9.95. The highest BCUT2D eigenvalue weighted by molar-refractivity contribution is 5.11. The smallest absolute Gasteiger partial charge is 0.160 e. The lowest BCUT2D eigenvalue weighted by atomic mass is 9.86. The second kappa shape index (κ2) is 6.41. The van der Waals surface area contributed by atoms with Gasteiger partial charge in [-0.1, -0.05) is 0 Å². The Balaban J connectivity index is 2.19. The second-order valence-corrected chi connectivity index (χ2v) is 5.40. The molecule has 2 heterocycles. The molecule has 0 bridgehead atoms. The van der Waals surface area contributed by atoms with Crippen molar-refractivity contribution in [2.24, 2.45) is 0 Å². The molecule has 2 aliphatic heterocycles. The first-order chi connectivity index (χ1) is 9.79. The molecule has 0 aromatic carbocycles. The predicted octanol–water partition coefficient (Wildman–Crippen LogP) is -4.14. The zero-order valence-corrected chi connectivity index (χ0v) is 11.4. The van der Waals surface area contributed by atoms with E-state index >= 15 is 0 Å². The van der Waals surface area contributed by atoms with Gasteiger partial charge >= 0.3 is 0 Å². The van der Waals surface area contributed by atoms with Gasteiger partial charge in [0.2, 0.25) is 0 Å². The lowest BCUT2D eigenvalue weighted by molar-refractivity contribution is -0.262. The molecule has 2 aliphatic rings. The maximum atomic E-state index is 9.95. The van der Waals surface area contributed by atoms with Gasteiger partial charge in [-0.3, -0.25) is 0 Å². The van der Waals surface area contributed by atoms with Crippen molar-refractivity contribution in [3.63, 3.8) is 0 Å². The predicted molar refractivity (Wildman–Crippen MR) is 65.6 cm³/mol. The van der Waals surface area contributed by atoms with Crippen molar-refractivity contribution in [3.05, 3.63) is 6.10 Å². The summed E-state index contributed by atoms with van der Waals surface area (Å²) in [6.45, 7) is 0.829. The van der Waals surface area contributed by atoms with Crippen LogP contribution in [0.1, 0.15) is 6.92 Å². The molecule has 0 aromatic rings. The fourth-order valence-corrected chi connectivity index (χ4v) is 2.56. The van der Waals surface area contributed by atoms with Crippen molar-refractivity contribution in [2.45, 2.75) is 61.9 Å². The number of aliphatic hydroxyl groups excluding tert-OH is 7. The van der Waals surface area contributed by atoms with Crippen molar-refractivity contribution in [3.8, 4) is 0 Å². The van der Waals surface area contributed by atoms with Gasteiger partial charge in [0.05, 0.1) is 12.7 Å². The van der Waals surface area contributed by atoms with E-state index < -0.39 is 61.5 Å². The lowest BCUT2D eigenvalue weighted by Gasteiger charge is -2.47. The Kier molecular flexibility index (Phi) is 5.19. The molecule has 1 unspecified atom stereocenters. The van der Waals surface area contributed by atoms with E-state index in [1.807, 2.05) is 0 Å². The van der Waals surface area contributed by atoms with E-state index in [4.69, 9.17) is 14.6 Å². The summed E-state index contributed by atoms with van der Waals surface area (Å²) in [6.07, 6.45) is -12.9. The summed E-state index contributed by atoms with van der Waals surface area (Å²) < 4.78 is 10.5. The minimum absolute atomic E-state index is 0.308. The van der Waals surface area contributed by atoms with Crippen LogP contribution in [0.5, 0.6) is 0 Å². The third-order valence-electron chi connectivity index (χ3n) is 3.95. The average molecular weight is 309 g/mol. The summed E-state index contributed by atoms with van der Waals surface area (Å²) in [5.74, 6) is 0. The first-order valence-corrected chi connectivity index (χ1v) is 6.67. The molecule has 0 amide bonds. The minimum atomic E-state index is -1.67. The molecular formula is C12H21O9. The van der Waals surface area contributed by atoms with E-state index in [0.29, 0.717) is 0 Å². The summed E-state index contributed by atoms with van der Waals surface area (Å²) in [5, 5.41) is 67.8. The summed E-state index contributed by atoms with van der Waals surface area (Å²) in [7, 11) is 0. The van der Waals surface area contributed by atoms with Crippen LogP contribution in [0.15, 0.2) is 0 Å². The number of ether oxygens (including phenoxy) is 2. The Labute approximate surface area is 121 Å². The van der Waals surface area contributed by atoms with Crippen molar-refractivity contribution in [1.29, 1.82) is 0 Å². The van der Waals surface area contributed by atoms with Gasteiger partial charge in [-0.15, -0.1) is 0 Å². The van der Waals surface area contributed by atoms with Crippen molar-refractivity contribution in [1.82, 2.24) is 0 Å². The van der Waals surface area contributed by atoms with E-state index in [2.05, 4.69) is 0 Å². The number of aliphatic hydroxyl groups is 7. The first kappa shape index (κ1) is 17.0. The molecular weight excluding hydrogens is 288 g/mol. The molecule has 9 heteroatoms. The summed E-state index contributed by atoms with van der Waals surface area (Å²) >= 11 is 0. The van der Waals surface area contributed by atoms with Crippen LogP contribution in [-0.4, -0.2) is 97.3 Å². The highest BCUT2D eigenvalue weighted by atomic mass is 16.6. The fourth-order valence-electron chi connectivity index (χ4n) is 2.56. The average Bonchev–Trinajstić information content (AvgIpc) is 2.47. The maximum Gasteiger partial charge on any atom is 0.160 e. The topological polar surface area (TPSA) is 160 Å². The van der Waals surface area contributed by atoms with Crippen molar-refractivity contribution in [2.75, 3.05) is 6.61 Å². The molecule has 1 radical (unpaired) electrons. The molecule has 7 N–H and O–H groups in total. The Morgan fingerprint density at radius 3 is 2.05 bits per heavy atom.